The molecule has 0 unspecified atom stereocenters. The van der Waals surface area contributed by atoms with Crippen molar-refractivity contribution in [2.75, 3.05) is 6.54 Å². The van der Waals surface area contributed by atoms with Crippen LogP contribution >= 0.6 is 0 Å². The van der Waals surface area contributed by atoms with Gasteiger partial charge in [-0.2, -0.15) is 13.2 Å². The van der Waals surface area contributed by atoms with Gasteiger partial charge in [0.2, 0.25) is 11.8 Å². The molecule has 0 aromatic rings. The van der Waals surface area contributed by atoms with Crippen LogP contribution in [-0.4, -0.2) is 35.5 Å². The maximum absolute atomic E-state index is 12.3. The predicted molar refractivity (Wildman–Crippen MR) is 61.4 cm³/mol. The molecule has 8 heteroatoms. The summed E-state index contributed by atoms with van der Waals surface area (Å²) in [6.45, 7) is -0.747. The van der Waals surface area contributed by atoms with Crippen LogP contribution in [0.5, 0.6) is 0 Å². The number of carbonyl (C=O) groups is 3. The first kappa shape index (κ1) is 14.8. The van der Waals surface area contributed by atoms with E-state index in [-0.39, 0.29) is 12.8 Å². The average Bonchev–Trinajstić information content (AvgIpc) is 2.36. The van der Waals surface area contributed by atoms with Crippen LogP contribution in [0.4, 0.5) is 18.0 Å². The Bertz CT molecular complexity index is 442. The molecule has 0 bridgehead atoms. The Hall–Kier alpha value is -1.60. The van der Waals surface area contributed by atoms with E-state index in [0.717, 1.165) is 6.42 Å². The molecule has 5 nitrogen and oxygen atoms in total. The third-order valence-corrected chi connectivity index (χ3v) is 3.88. The monoisotopic (exact) mass is 292 g/mol. The number of alkyl halides is 3. The highest BCUT2D eigenvalue weighted by Gasteiger charge is 2.54. The normalized spacial score (nSPS) is 23.1. The minimum absolute atomic E-state index is 0.285. The fourth-order valence-corrected chi connectivity index (χ4v) is 2.77. The van der Waals surface area contributed by atoms with Crippen molar-refractivity contribution in [1.82, 2.24) is 10.2 Å². The molecule has 1 saturated heterocycles. The van der Waals surface area contributed by atoms with Crippen molar-refractivity contribution in [3.05, 3.63) is 0 Å². The van der Waals surface area contributed by atoms with Gasteiger partial charge in [0.05, 0.1) is 6.42 Å². The Morgan fingerprint density at radius 3 is 2.25 bits per heavy atom. The zero-order valence-corrected chi connectivity index (χ0v) is 10.8. The van der Waals surface area contributed by atoms with Crippen LogP contribution < -0.4 is 5.32 Å². The molecule has 1 aliphatic carbocycles. The van der Waals surface area contributed by atoms with E-state index < -0.39 is 42.4 Å². The third kappa shape index (κ3) is 2.64. The number of nitrogens with zero attached hydrogens (tertiary/aromatic N) is 1. The summed E-state index contributed by atoms with van der Waals surface area (Å²) in [7, 11) is 0. The summed E-state index contributed by atoms with van der Waals surface area (Å²) in [6, 6.07) is -1.06. The molecule has 20 heavy (non-hydrogen) atoms. The molecule has 2 fully saturated rings. The Morgan fingerprint density at radius 2 is 1.70 bits per heavy atom. The summed E-state index contributed by atoms with van der Waals surface area (Å²) in [5, 5.41) is 2.02. The average molecular weight is 292 g/mol. The number of urea groups is 1. The van der Waals surface area contributed by atoms with Crippen LogP contribution in [0, 0.1) is 5.41 Å². The lowest BCUT2D eigenvalue weighted by atomic mass is 9.71. The fourth-order valence-electron chi connectivity index (χ4n) is 2.77. The van der Waals surface area contributed by atoms with E-state index in [9.17, 15) is 27.6 Å². The molecule has 0 aromatic carbocycles. The second-order valence-electron chi connectivity index (χ2n) is 5.22. The summed E-state index contributed by atoms with van der Waals surface area (Å²) in [6.07, 6.45) is -2.97. The molecule has 0 aromatic heterocycles. The molecule has 1 aliphatic heterocycles. The standard InChI is InChI=1S/C12H15F3N2O3/c13-12(14,15)6-7-17-9(19)11(4-2-1-3-5-11)8(18)16-10(17)20/h1-7H2,(H,16,18,20). The van der Waals surface area contributed by atoms with Gasteiger partial charge in [-0.25, -0.2) is 4.79 Å². The number of barbiturate groups is 1. The smallest absolute Gasteiger partial charge is 0.277 e. The van der Waals surface area contributed by atoms with Crippen LogP contribution in [0.1, 0.15) is 38.5 Å². The van der Waals surface area contributed by atoms with Gasteiger partial charge in [-0.3, -0.25) is 19.8 Å². The minimum atomic E-state index is -4.46. The number of halogens is 3. The highest BCUT2D eigenvalue weighted by atomic mass is 19.4. The Labute approximate surface area is 113 Å². The number of imide groups is 2. The lowest BCUT2D eigenvalue weighted by molar-refractivity contribution is -0.157. The number of carbonyl (C=O) groups excluding carboxylic acids is 3. The molecule has 1 N–H and O–H groups in total. The summed E-state index contributed by atoms with van der Waals surface area (Å²) in [4.78, 5) is 36.3. The molecule has 2 rings (SSSR count). The minimum Gasteiger partial charge on any atom is -0.277 e. The first-order chi connectivity index (χ1) is 9.26. The zero-order chi connectivity index (χ0) is 15.0. The maximum atomic E-state index is 12.3. The molecule has 1 heterocycles. The van der Waals surface area contributed by atoms with Gasteiger partial charge in [0.15, 0.2) is 0 Å². The largest absolute Gasteiger partial charge is 0.390 e. The van der Waals surface area contributed by atoms with Gasteiger partial charge >= 0.3 is 12.2 Å². The Morgan fingerprint density at radius 1 is 1.10 bits per heavy atom. The van der Waals surface area contributed by atoms with Gasteiger partial charge in [-0.05, 0) is 12.8 Å². The number of amides is 4. The second kappa shape index (κ2) is 5.06. The quantitative estimate of drug-likeness (QED) is 0.791. The lowest BCUT2D eigenvalue weighted by Crippen LogP contribution is -2.64. The number of hydrogen-bond acceptors (Lipinski definition) is 3. The number of nitrogens with one attached hydrogen (secondary N) is 1. The Balaban J connectivity index is 2.18. The van der Waals surface area contributed by atoms with Crippen LogP contribution in [0.3, 0.4) is 0 Å². The summed E-state index contributed by atoms with van der Waals surface area (Å²) < 4.78 is 36.7. The van der Waals surface area contributed by atoms with Gasteiger partial charge in [-0.15, -0.1) is 0 Å². The van der Waals surface area contributed by atoms with Crippen molar-refractivity contribution in [3.63, 3.8) is 0 Å². The maximum Gasteiger partial charge on any atom is 0.390 e. The topological polar surface area (TPSA) is 66.5 Å². The van der Waals surface area contributed by atoms with E-state index >= 15 is 0 Å². The van der Waals surface area contributed by atoms with Gasteiger partial charge < -0.3 is 0 Å². The van der Waals surface area contributed by atoms with E-state index in [0.29, 0.717) is 17.7 Å². The third-order valence-electron chi connectivity index (χ3n) is 3.88. The van der Waals surface area contributed by atoms with Crippen molar-refractivity contribution >= 4 is 17.8 Å². The van der Waals surface area contributed by atoms with Gasteiger partial charge in [0, 0.05) is 6.54 Å². The Kier molecular flexibility index (Phi) is 3.75. The van der Waals surface area contributed by atoms with Crippen molar-refractivity contribution in [3.8, 4) is 0 Å². The van der Waals surface area contributed by atoms with Gasteiger partial charge in [0.1, 0.15) is 5.41 Å². The first-order valence-electron chi connectivity index (χ1n) is 6.50. The van der Waals surface area contributed by atoms with E-state index in [1.165, 1.54) is 0 Å². The molecule has 4 amide bonds. The summed E-state index contributed by atoms with van der Waals surface area (Å²) in [5.74, 6) is -1.45. The van der Waals surface area contributed by atoms with Crippen molar-refractivity contribution in [2.24, 2.45) is 5.41 Å². The molecule has 1 saturated carbocycles. The van der Waals surface area contributed by atoms with E-state index in [2.05, 4.69) is 0 Å². The molecule has 1 spiro atoms. The molecule has 112 valence electrons. The lowest BCUT2D eigenvalue weighted by Gasteiger charge is -2.41. The zero-order valence-electron chi connectivity index (χ0n) is 10.8. The SMILES string of the molecule is O=C1NC(=O)C2(CCCCC2)C(=O)N1CCC(F)(F)F. The highest BCUT2D eigenvalue weighted by Crippen LogP contribution is 2.40. The molecular formula is C12H15F3N2O3. The van der Waals surface area contributed by atoms with Crippen LogP contribution in [0.2, 0.25) is 0 Å². The van der Waals surface area contributed by atoms with Gasteiger partial charge in [0.25, 0.3) is 0 Å². The highest BCUT2D eigenvalue weighted by molar-refractivity contribution is 6.19. The number of hydrogen-bond donors (Lipinski definition) is 1. The van der Waals surface area contributed by atoms with Crippen molar-refractivity contribution < 1.29 is 27.6 Å². The molecule has 0 radical (unpaired) electrons. The van der Waals surface area contributed by atoms with Crippen LogP contribution in [0.15, 0.2) is 0 Å². The molecular weight excluding hydrogens is 277 g/mol. The first-order valence-corrected chi connectivity index (χ1v) is 6.50. The van der Waals surface area contributed by atoms with Crippen LogP contribution in [0.25, 0.3) is 0 Å². The van der Waals surface area contributed by atoms with E-state index in [1.807, 2.05) is 5.32 Å². The molecule has 0 atom stereocenters. The second-order valence-corrected chi connectivity index (χ2v) is 5.22. The molecule has 2 aliphatic rings. The van der Waals surface area contributed by atoms with Crippen molar-refractivity contribution in [2.45, 2.75) is 44.7 Å². The fraction of sp³-hybridized carbons (Fsp3) is 0.750. The summed E-state index contributed by atoms with van der Waals surface area (Å²) >= 11 is 0. The van der Waals surface area contributed by atoms with Gasteiger partial charge in [-0.1, -0.05) is 19.3 Å². The van der Waals surface area contributed by atoms with Crippen molar-refractivity contribution in [1.29, 1.82) is 0 Å². The van der Waals surface area contributed by atoms with E-state index in [1.54, 1.807) is 0 Å². The summed E-state index contributed by atoms with van der Waals surface area (Å²) in [5.41, 5.74) is -1.35. The van der Waals surface area contributed by atoms with E-state index in [4.69, 9.17) is 0 Å². The van der Waals surface area contributed by atoms with Crippen LogP contribution in [-0.2, 0) is 9.59 Å². The predicted octanol–water partition coefficient (Wildman–Crippen LogP) is 1.97. The number of rotatable bonds is 2.